The summed E-state index contributed by atoms with van der Waals surface area (Å²) in [5.74, 6) is 0. The van der Waals surface area contributed by atoms with Crippen LogP contribution in [-0.4, -0.2) is 35.2 Å². The highest BCUT2D eigenvalue weighted by Crippen LogP contribution is 2.25. The first-order valence-corrected chi connectivity index (χ1v) is 9.33. The summed E-state index contributed by atoms with van der Waals surface area (Å²) >= 11 is 1.88. The van der Waals surface area contributed by atoms with Gasteiger partial charge in [0.25, 0.3) is 0 Å². The number of carbonyl (C=O) groups is 1. The average molecular weight is 339 g/mol. The van der Waals surface area contributed by atoms with Gasteiger partial charge in [0.05, 0.1) is 0 Å². The first-order valence-electron chi connectivity index (χ1n) is 8.51. The number of likely N-dealkylation sites (tertiary alicyclic amines) is 1. The summed E-state index contributed by atoms with van der Waals surface area (Å²) in [6.07, 6.45) is 2.83. The molecule has 1 fully saturated rings. The van der Waals surface area contributed by atoms with Gasteiger partial charge in [-0.05, 0) is 59.1 Å². The van der Waals surface area contributed by atoms with E-state index in [1.54, 1.807) is 0 Å². The summed E-state index contributed by atoms with van der Waals surface area (Å²) in [5.41, 5.74) is -0.332. The van der Waals surface area contributed by atoms with Gasteiger partial charge >= 0.3 is 6.09 Å². The van der Waals surface area contributed by atoms with E-state index in [1.165, 1.54) is 9.75 Å². The van der Waals surface area contributed by atoms with Gasteiger partial charge in [0, 0.05) is 34.9 Å². The Morgan fingerprint density at radius 1 is 1.30 bits per heavy atom. The number of ether oxygens (including phenoxy) is 1. The fourth-order valence-corrected chi connectivity index (χ4v) is 3.59. The van der Waals surface area contributed by atoms with Crippen molar-refractivity contribution in [2.75, 3.05) is 13.1 Å². The lowest BCUT2D eigenvalue weighted by Crippen LogP contribution is -2.52. The minimum atomic E-state index is -0.424. The van der Waals surface area contributed by atoms with Crippen LogP contribution in [0, 0.1) is 0 Å². The van der Waals surface area contributed by atoms with Gasteiger partial charge in [0.2, 0.25) is 0 Å². The molecule has 0 spiro atoms. The molecule has 0 radical (unpaired) electrons. The van der Waals surface area contributed by atoms with Crippen molar-refractivity contribution >= 4 is 17.4 Å². The molecule has 23 heavy (non-hydrogen) atoms. The number of carbonyl (C=O) groups excluding carboxylic acids is 1. The first-order chi connectivity index (χ1) is 10.7. The Balaban J connectivity index is 1.81. The number of nitrogens with one attached hydrogen (secondary N) is 1. The van der Waals surface area contributed by atoms with E-state index in [0.717, 1.165) is 38.9 Å². The predicted octanol–water partition coefficient (Wildman–Crippen LogP) is 4.19. The number of amides is 1. The highest BCUT2D eigenvalue weighted by molar-refractivity contribution is 7.11. The van der Waals surface area contributed by atoms with Crippen molar-refractivity contribution in [3.63, 3.8) is 0 Å². The molecule has 4 nitrogen and oxygen atoms in total. The van der Waals surface area contributed by atoms with E-state index in [1.807, 2.05) is 37.0 Å². The van der Waals surface area contributed by atoms with Crippen molar-refractivity contribution in [3.8, 4) is 0 Å². The summed E-state index contributed by atoms with van der Waals surface area (Å²) in [7, 11) is 0. The SMILES string of the molecule is CCc1ccc(CNC2(C)CCN(C(=O)OC(C)(C)C)CC2)s1. The van der Waals surface area contributed by atoms with Crippen LogP contribution in [0.2, 0.25) is 0 Å². The zero-order valence-corrected chi connectivity index (χ0v) is 15.9. The van der Waals surface area contributed by atoms with Gasteiger partial charge in [0.1, 0.15) is 5.60 Å². The minimum Gasteiger partial charge on any atom is -0.444 e. The lowest BCUT2D eigenvalue weighted by molar-refractivity contribution is 0.0157. The minimum absolute atomic E-state index is 0.0921. The number of hydrogen-bond donors (Lipinski definition) is 1. The van der Waals surface area contributed by atoms with Crippen LogP contribution in [0.1, 0.15) is 57.2 Å². The van der Waals surface area contributed by atoms with Crippen molar-refractivity contribution in [2.45, 2.75) is 71.6 Å². The zero-order chi connectivity index (χ0) is 17.1. The van der Waals surface area contributed by atoms with E-state index in [4.69, 9.17) is 4.74 Å². The molecule has 0 bridgehead atoms. The maximum atomic E-state index is 12.1. The average Bonchev–Trinajstić information content (AvgIpc) is 2.92. The number of hydrogen-bond acceptors (Lipinski definition) is 4. The van der Waals surface area contributed by atoms with Crippen molar-refractivity contribution in [1.82, 2.24) is 10.2 Å². The van der Waals surface area contributed by atoms with Crippen molar-refractivity contribution in [1.29, 1.82) is 0 Å². The standard InChI is InChI=1S/C18H30N2O2S/c1-6-14-7-8-15(23-14)13-19-18(5)9-11-20(12-10-18)16(21)22-17(2,3)4/h7-8,19H,6,9-13H2,1-5H3. The molecule has 0 atom stereocenters. The maximum absolute atomic E-state index is 12.1. The lowest BCUT2D eigenvalue weighted by atomic mass is 9.89. The molecule has 0 unspecified atom stereocenters. The highest BCUT2D eigenvalue weighted by atomic mass is 32.1. The zero-order valence-electron chi connectivity index (χ0n) is 15.1. The van der Waals surface area contributed by atoms with Crippen molar-refractivity contribution in [2.24, 2.45) is 0 Å². The molecule has 0 aromatic carbocycles. The van der Waals surface area contributed by atoms with Crippen LogP contribution >= 0.6 is 11.3 Å². The van der Waals surface area contributed by atoms with Crippen LogP contribution in [0.25, 0.3) is 0 Å². The molecular formula is C18H30N2O2S. The summed E-state index contributed by atoms with van der Waals surface area (Å²) in [6, 6.07) is 4.44. The van der Waals surface area contributed by atoms with Gasteiger partial charge in [-0.2, -0.15) is 0 Å². The number of aryl methyl sites for hydroxylation is 1. The van der Waals surface area contributed by atoms with Crippen molar-refractivity contribution in [3.05, 3.63) is 21.9 Å². The Hall–Kier alpha value is -1.07. The van der Waals surface area contributed by atoms with Crippen LogP contribution in [0.5, 0.6) is 0 Å². The fourth-order valence-electron chi connectivity index (χ4n) is 2.69. The van der Waals surface area contributed by atoms with E-state index in [2.05, 4.69) is 31.3 Å². The van der Waals surface area contributed by atoms with Crippen LogP contribution < -0.4 is 5.32 Å². The predicted molar refractivity (Wildman–Crippen MR) is 96.0 cm³/mol. The van der Waals surface area contributed by atoms with Gasteiger partial charge in [-0.3, -0.25) is 0 Å². The first kappa shape index (κ1) is 18.3. The molecule has 1 amide bonds. The van der Waals surface area contributed by atoms with Crippen molar-refractivity contribution < 1.29 is 9.53 Å². The third kappa shape index (κ3) is 5.50. The second kappa shape index (κ2) is 7.22. The third-order valence-corrected chi connectivity index (χ3v) is 5.50. The van der Waals surface area contributed by atoms with Gasteiger partial charge in [-0.15, -0.1) is 11.3 Å². The van der Waals surface area contributed by atoms with Gasteiger partial charge in [0.15, 0.2) is 0 Å². The Morgan fingerprint density at radius 3 is 2.43 bits per heavy atom. The fraction of sp³-hybridized carbons (Fsp3) is 0.722. The van der Waals surface area contributed by atoms with Gasteiger partial charge < -0.3 is 15.0 Å². The summed E-state index contributed by atoms with van der Waals surface area (Å²) < 4.78 is 5.46. The number of piperidine rings is 1. The maximum Gasteiger partial charge on any atom is 0.410 e. The Morgan fingerprint density at radius 2 is 1.91 bits per heavy atom. The highest BCUT2D eigenvalue weighted by Gasteiger charge is 2.33. The largest absolute Gasteiger partial charge is 0.444 e. The summed E-state index contributed by atoms with van der Waals surface area (Å²) in [5, 5.41) is 3.69. The molecule has 1 aromatic heterocycles. The van der Waals surface area contributed by atoms with Crippen LogP contribution in [0.4, 0.5) is 4.79 Å². The van der Waals surface area contributed by atoms with E-state index in [9.17, 15) is 4.79 Å². The van der Waals surface area contributed by atoms with E-state index in [0.29, 0.717) is 0 Å². The molecule has 2 rings (SSSR count). The van der Waals surface area contributed by atoms with E-state index in [-0.39, 0.29) is 11.6 Å². The molecule has 1 N–H and O–H groups in total. The van der Waals surface area contributed by atoms with E-state index >= 15 is 0 Å². The van der Waals surface area contributed by atoms with Crippen LogP contribution in [0.15, 0.2) is 12.1 Å². The second-order valence-corrected chi connectivity index (χ2v) is 8.86. The molecular weight excluding hydrogens is 308 g/mol. The Labute approximate surface area is 144 Å². The smallest absolute Gasteiger partial charge is 0.410 e. The molecule has 1 aliphatic rings. The summed E-state index contributed by atoms with van der Waals surface area (Å²) in [4.78, 5) is 16.8. The molecule has 5 heteroatoms. The van der Waals surface area contributed by atoms with Crippen LogP contribution in [-0.2, 0) is 17.7 Å². The molecule has 1 aromatic rings. The topological polar surface area (TPSA) is 41.6 Å². The summed E-state index contributed by atoms with van der Waals surface area (Å²) in [6.45, 7) is 12.6. The Bertz CT molecular complexity index is 525. The van der Waals surface area contributed by atoms with Gasteiger partial charge in [-0.25, -0.2) is 4.79 Å². The quantitative estimate of drug-likeness (QED) is 0.895. The normalized spacial score (nSPS) is 18.0. The third-order valence-electron chi connectivity index (χ3n) is 4.27. The Kier molecular flexibility index (Phi) is 5.74. The molecule has 0 aliphatic carbocycles. The van der Waals surface area contributed by atoms with E-state index < -0.39 is 5.60 Å². The molecule has 0 saturated carbocycles. The molecule has 2 heterocycles. The molecule has 130 valence electrons. The number of thiophene rings is 1. The van der Waals surface area contributed by atoms with Crippen LogP contribution in [0.3, 0.4) is 0 Å². The second-order valence-electron chi connectivity index (χ2n) is 7.60. The molecule has 1 aliphatic heterocycles. The molecule has 1 saturated heterocycles. The number of nitrogens with zero attached hydrogens (tertiary/aromatic N) is 1. The number of rotatable bonds is 4. The monoisotopic (exact) mass is 338 g/mol. The lowest BCUT2D eigenvalue weighted by Gasteiger charge is -2.40. The van der Waals surface area contributed by atoms with Gasteiger partial charge in [-0.1, -0.05) is 6.92 Å².